The molecule has 5 nitrogen and oxygen atoms in total. The second kappa shape index (κ2) is 5.58. The van der Waals surface area contributed by atoms with Crippen molar-refractivity contribution in [2.45, 2.75) is 38.2 Å². The van der Waals surface area contributed by atoms with Crippen LogP contribution in [0.25, 0.3) is 0 Å². The van der Waals surface area contributed by atoms with Gasteiger partial charge in [0.05, 0.1) is 10.5 Å². The van der Waals surface area contributed by atoms with Crippen molar-refractivity contribution in [1.82, 2.24) is 0 Å². The summed E-state index contributed by atoms with van der Waals surface area (Å²) in [5.41, 5.74) is 0.863. The van der Waals surface area contributed by atoms with E-state index in [-0.39, 0.29) is 10.7 Å². The molecule has 2 rings (SSSR count). The average molecular weight is 299 g/mol. The van der Waals surface area contributed by atoms with Gasteiger partial charge >= 0.3 is 0 Å². The van der Waals surface area contributed by atoms with E-state index < -0.39 is 10.5 Å². The van der Waals surface area contributed by atoms with Crippen LogP contribution in [-0.2, 0) is 0 Å². The van der Waals surface area contributed by atoms with Gasteiger partial charge in [0.2, 0.25) is 0 Å². The van der Waals surface area contributed by atoms with Gasteiger partial charge in [0.15, 0.2) is 0 Å². The summed E-state index contributed by atoms with van der Waals surface area (Å²) in [7, 11) is 1.88. The maximum Gasteiger partial charge on any atom is 0.288 e. The molecule has 0 amide bonds. The van der Waals surface area contributed by atoms with E-state index in [1.807, 2.05) is 18.9 Å². The van der Waals surface area contributed by atoms with Gasteiger partial charge in [-0.1, -0.05) is 24.4 Å². The highest BCUT2D eigenvalue weighted by atomic mass is 35.5. The molecule has 1 aromatic carbocycles. The van der Waals surface area contributed by atoms with Crippen molar-refractivity contribution in [2.24, 2.45) is 0 Å². The summed E-state index contributed by atoms with van der Waals surface area (Å²) in [5, 5.41) is 21.4. The number of nitrogens with zero attached hydrogens (tertiary/aromatic N) is 2. The fourth-order valence-corrected chi connectivity index (χ4v) is 3.15. The van der Waals surface area contributed by atoms with Crippen molar-refractivity contribution in [3.05, 3.63) is 32.8 Å². The monoisotopic (exact) mass is 298 g/mol. The molecule has 1 aromatic rings. The lowest BCUT2D eigenvalue weighted by atomic mass is 10.0. The maximum atomic E-state index is 10.9. The highest BCUT2D eigenvalue weighted by molar-refractivity contribution is 6.33. The van der Waals surface area contributed by atoms with Gasteiger partial charge in [0.25, 0.3) is 5.69 Å². The Morgan fingerprint density at radius 1 is 1.45 bits per heavy atom. The lowest BCUT2D eigenvalue weighted by Gasteiger charge is -2.31. The van der Waals surface area contributed by atoms with Gasteiger partial charge < -0.3 is 10.0 Å². The van der Waals surface area contributed by atoms with E-state index in [1.165, 1.54) is 6.07 Å². The van der Waals surface area contributed by atoms with Gasteiger partial charge in [0, 0.05) is 25.3 Å². The summed E-state index contributed by atoms with van der Waals surface area (Å²) in [6.07, 6.45) is 3.70. The van der Waals surface area contributed by atoms with Gasteiger partial charge in [-0.15, -0.1) is 0 Å². The average Bonchev–Trinajstić information content (AvgIpc) is 2.77. The van der Waals surface area contributed by atoms with E-state index in [1.54, 1.807) is 6.07 Å². The van der Waals surface area contributed by atoms with Crippen molar-refractivity contribution in [2.75, 3.05) is 18.5 Å². The molecule has 1 fully saturated rings. The van der Waals surface area contributed by atoms with E-state index in [0.29, 0.717) is 6.54 Å². The Kier molecular flexibility index (Phi) is 4.20. The maximum absolute atomic E-state index is 10.9. The van der Waals surface area contributed by atoms with E-state index in [0.717, 1.165) is 36.9 Å². The Morgan fingerprint density at radius 3 is 2.60 bits per heavy atom. The highest BCUT2D eigenvalue weighted by Gasteiger charge is 2.32. The van der Waals surface area contributed by atoms with Gasteiger partial charge in [0.1, 0.15) is 5.02 Å². The first-order chi connectivity index (χ1) is 9.32. The van der Waals surface area contributed by atoms with Crippen LogP contribution >= 0.6 is 11.6 Å². The molecule has 0 bridgehead atoms. The molecule has 1 aliphatic rings. The molecule has 0 aliphatic heterocycles. The Morgan fingerprint density at radius 2 is 2.05 bits per heavy atom. The molecule has 0 radical (unpaired) electrons. The molecule has 0 atom stereocenters. The normalized spacial score (nSPS) is 17.2. The molecule has 0 saturated heterocycles. The van der Waals surface area contributed by atoms with E-state index in [4.69, 9.17) is 11.6 Å². The zero-order chi connectivity index (χ0) is 14.9. The molecule has 1 aliphatic carbocycles. The fourth-order valence-electron chi connectivity index (χ4n) is 2.92. The Bertz CT molecular complexity index is 527. The minimum atomic E-state index is -0.657. The molecule has 1 N–H and O–H groups in total. The SMILES string of the molecule is Cc1cc([N+](=O)[O-])c(Cl)cc1N(C)CC1(O)CCCC1. The summed E-state index contributed by atoms with van der Waals surface area (Å²) < 4.78 is 0. The van der Waals surface area contributed by atoms with E-state index in [2.05, 4.69) is 0 Å². The van der Waals surface area contributed by atoms with Gasteiger partial charge in [-0.3, -0.25) is 10.1 Å². The number of aryl methyl sites for hydroxylation is 1. The number of anilines is 1. The molecule has 0 unspecified atom stereocenters. The third-order valence-electron chi connectivity index (χ3n) is 3.94. The summed E-state index contributed by atoms with van der Waals surface area (Å²) in [5.74, 6) is 0. The number of rotatable bonds is 4. The van der Waals surface area contributed by atoms with Crippen molar-refractivity contribution < 1.29 is 10.0 Å². The van der Waals surface area contributed by atoms with Crippen molar-refractivity contribution in [1.29, 1.82) is 0 Å². The minimum absolute atomic E-state index is 0.0825. The molecule has 0 aromatic heterocycles. The van der Waals surface area contributed by atoms with Gasteiger partial charge in [-0.2, -0.15) is 0 Å². The van der Waals surface area contributed by atoms with Crippen LogP contribution in [0.15, 0.2) is 12.1 Å². The first-order valence-corrected chi connectivity index (χ1v) is 7.08. The first-order valence-electron chi connectivity index (χ1n) is 6.70. The number of hydrogen-bond donors (Lipinski definition) is 1. The van der Waals surface area contributed by atoms with Crippen molar-refractivity contribution >= 4 is 23.0 Å². The van der Waals surface area contributed by atoms with Crippen LogP contribution < -0.4 is 4.90 Å². The molecule has 0 spiro atoms. The predicted molar refractivity (Wildman–Crippen MR) is 79.5 cm³/mol. The largest absolute Gasteiger partial charge is 0.388 e. The van der Waals surface area contributed by atoms with Crippen molar-refractivity contribution in [3.63, 3.8) is 0 Å². The molecular formula is C14H19ClN2O3. The van der Waals surface area contributed by atoms with Crippen LogP contribution in [0.3, 0.4) is 0 Å². The minimum Gasteiger partial charge on any atom is -0.388 e. The number of aliphatic hydroxyl groups is 1. The second-order valence-electron chi connectivity index (χ2n) is 5.63. The van der Waals surface area contributed by atoms with Crippen LogP contribution in [0.2, 0.25) is 5.02 Å². The summed E-state index contributed by atoms with van der Waals surface area (Å²) >= 11 is 5.96. The topological polar surface area (TPSA) is 66.6 Å². The van der Waals surface area contributed by atoms with Crippen LogP contribution in [0.1, 0.15) is 31.2 Å². The second-order valence-corrected chi connectivity index (χ2v) is 6.04. The summed E-state index contributed by atoms with van der Waals surface area (Å²) in [6, 6.07) is 3.08. The summed E-state index contributed by atoms with van der Waals surface area (Å²) in [4.78, 5) is 12.3. The van der Waals surface area contributed by atoms with Gasteiger partial charge in [-0.25, -0.2) is 0 Å². The molecule has 20 heavy (non-hydrogen) atoms. The zero-order valence-corrected chi connectivity index (χ0v) is 12.5. The fraction of sp³-hybridized carbons (Fsp3) is 0.571. The molecule has 6 heteroatoms. The Hall–Kier alpha value is -1.33. The van der Waals surface area contributed by atoms with Crippen LogP contribution in [0, 0.1) is 17.0 Å². The predicted octanol–water partition coefficient (Wildman–Crippen LogP) is 3.30. The summed E-state index contributed by atoms with van der Waals surface area (Å²) in [6.45, 7) is 2.33. The van der Waals surface area contributed by atoms with Crippen molar-refractivity contribution in [3.8, 4) is 0 Å². The molecule has 0 heterocycles. The van der Waals surface area contributed by atoms with Crippen LogP contribution in [-0.4, -0.2) is 29.2 Å². The smallest absolute Gasteiger partial charge is 0.288 e. The Labute approximate surface area is 123 Å². The van der Waals surface area contributed by atoms with Gasteiger partial charge in [-0.05, 0) is 31.4 Å². The molecule has 110 valence electrons. The number of likely N-dealkylation sites (N-methyl/N-ethyl adjacent to an activating group) is 1. The Balaban J connectivity index is 2.24. The molecule has 1 saturated carbocycles. The third-order valence-corrected chi connectivity index (χ3v) is 4.24. The highest BCUT2D eigenvalue weighted by Crippen LogP contribution is 2.35. The number of halogens is 1. The zero-order valence-electron chi connectivity index (χ0n) is 11.7. The van der Waals surface area contributed by atoms with E-state index in [9.17, 15) is 15.2 Å². The lowest BCUT2D eigenvalue weighted by molar-refractivity contribution is -0.384. The number of nitro groups is 1. The standard InChI is InChI=1S/C14H19ClN2O3/c1-10-7-13(17(19)20)11(15)8-12(10)16(2)9-14(18)5-3-4-6-14/h7-8,18H,3-6,9H2,1-2H3. The number of benzene rings is 1. The lowest BCUT2D eigenvalue weighted by Crippen LogP contribution is -2.39. The quantitative estimate of drug-likeness (QED) is 0.684. The molecular weight excluding hydrogens is 280 g/mol. The van der Waals surface area contributed by atoms with Crippen LogP contribution in [0.4, 0.5) is 11.4 Å². The number of nitro benzene ring substituents is 1. The number of hydrogen-bond acceptors (Lipinski definition) is 4. The van der Waals surface area contributed by atoms with E-state index >= 15 is 0 Å². The first kappa shape index (κ1) is 15.1. The third kappa shape index (κ3) is 3.04. The van der Waals surface area contributed by atoms with Crippen LogP contribution in [0.5, 0.6) is 0 Å².